The summed E-state index contributed by atoms with van der Waals surface area (Å²) in [5.74, 6) is 1.37. The molecule has 3 heteroatoms. The van der Waals surface area contributed by atoms with Crippen molar-refractivity contribution in [2.24, 2.45) is 5.73 Å². The van der Waals surface area contributed by atoms with Crippen LogP contribution in [0.2, 0.25) is 0 Å². The molecule has 0 radical (unpaired) electrons. The van der Waals surface area contributed by atoms with E-state index in [1.54, 1.807) is 7.11 Å². The van der Waals surface area contributed by atoms with Gasteiger partial charge >= 0.3 is 0 Å². The van der Waals surface area contributed by atoms with Gasteiger partial charge in [0.25, 0.3) is 0 Å². The molecule has 0 saturated heterocycles. The SMILES string of the molecule is COc1ccc(C(C)C)cc1COCC(C)(C)N. The van der Waals surface area contributed by atoms with E-state index >= 15 is 0 Å². The average Bonchev–Trinajstić information content (AvgIpc) is 2.27. The molecule has 0 aliphatic carbocycles. The highest BCUT2D eigenvalue weighted by atomic mass is 16.5. The zero-order chi connectivity index (χ0) is 13.8. The maximum Gasteiger partial charge on any atom is 0.124 e. The van der Waals surface area contributed by atoms with Crippen LogP contribution in [-0.2, 0) is 11.3 Å². The number of nitrogens with two attached hydrogens (primary N) is 1. The van der Waals surface area contributed by atoms with Gasteiger partial charge in [0.15, 0.2) is 0 Å². The van der Waals surface area contributed by atoms with E-state index in [2.05, 4.69) is 26.0 Å². The number of benzene rings is 1. The lowest BCUT2D eigenvalue weighted by Gasteiger charge is -2.19. The third kappa shape index (κ3) is 4.67. The van der Waals surface area contributed by atoms with Crippen molar-refractivity contribution in [3.8, 4) is 5.75 Å². The highest BCUT2D eigenvalue weighted by molar-refractivity contribution is 5.37. The Hall–Kier alpha value is -1.06. The van der Waals surface area contributed by atoms with Gasteiger partial charge in [0.05, 0.1) is 20.3 Å². The Morgan fingerprint density at radius 1 is 1.28 bits per heavy atom. The lowest BCUT2D eigenvalue weighted by atomic mass is 10.0. The smallest absolute Gasteiger partial charge is 0.124 e. The van der Waals surface area contributed by atoms with E-state index in [0.29, 0.717) is 19.1 Å². The van der Waals surface area contributed by atoms with E-state index in [1.165, 1.54) is 5.56 Å². The van der Waals surface area contributed by atoms with Crippen LogP contribution in [0.25, 0.3) is 0 Å². The van der Waals surface area contributed by atoms with E-state index in [4.69, 9.17) is 15.2 Å². The summed E-state index contributed by atoms with van der Waals surface area (Å²) in [5, 5.41) is 0. The lowest BCUT2D eigenvalue weighted by Crippen LogP contribution is -2.37. The summed E-state index contributed by atoms with van der Waals surface area (Å²) >= 11 is 0. The molecule has 1 aromatic rings. The summed E-state index contributed by atoms with van der Waals surface area (Å²) in [7, 11) is 1.68. The van der Waals surface area contributed by atoms with Gasteiger partial charge in [-0.1, -0.05) is 19.9 Å². The van der Waals surface area contributed by atoms with Gasteiger partial charge in [-0.15, -0.1) is 0 Å². The average molecular weight is 251 g/mol. The van der Waals surface area contributed by atoms with E-state index in [9.17, 15) is 0 Å². The predicted molar refractivity (Wildman–Crippen MR) is 75.0 cm³/mol. The van der Waals surface area contributed by atoms with Gasteiger partial charge in [-0.2, -0.15) is 0 Å². The van der Waals surface area contributed by atoms with E-state index in [-0.39, 0.29) is 5.54 Å². The fourth-order valence-electron chi connectivity index (χ4n) is 1.69. The van der Waals surface area contributed by atoms with Crippen LogP contribution in [0.15, 0.2) is 18.2 Å². The molecule has 2 N–H and O–H groups in total. The third-order valence-corrected chi connectivity index (χ3v) is 2.70. The predicted octanol–water partition coefficient (Wildman–Crippen LogP) is 3.07. The van der Waals surface area contributed by atoms with Crippen LogP contribution in [0.3, 0.4) is 0 Å². The minimum absolute atomic E-state index is 0.303. The fraction of sp³-hybridized carbons (Fsp3) is 0.600. The minimum atomic E-state index is -0.303. The molecule has 1 rings (SSSR count). The van der Waals surface area contributed by atoms with E-state index < -0.39 is 0 Å². The molecule has 0 aromatic heterocycles. The maximum absolute atomic E-state index is 5.89. The molecular formula is C15H25NO2. The van der Waals surface area contributed by atoms with E-state index in [0.717, 1.165) is 11.3 Å². The van der Waals surface area contributed by atoms with Gasteiger partial charge < -0.3 is 15.2 Å². The Labute approximate surface area is 110 Å². The molecule has 0 bridgehead atoms. The molecule has 0 amide bonds. The van der Waals surface area contributed by atoms with Gasteiger partial charge in [-0.3, -0.25) is 0 Å². The van der Waals surface area contributed by atoms with Crippen LogP contribution in [0, 0.1) is 0 Å². The van der Waals surface area contributed by atoms with Crippen molar-refractivity contribution < 1.29 is 9.47 Å². The molecule has 1 aromatic carbocycles. The Morgan fingerprint density at radius 3 is 2.44 bits per heavy atom. The number of ether oxygens (including phenoxy) is 2. The minimum Gasteiger partial charge on any atom is -0.496 e. The first kappa shape index (κ1) is 15.0. The molecule has 0 atom stereocenters. The summed E-state index contributed by atoms with van der Waals surface area (Å²) in [6.45, 7) is 9.32. The molecule has 18 heavy (non-hydrogen) atoms. The van der Waals surface area contributed by atoms with Crippen molar-refractivity contribution in [1.82, 2.24) is 0 Å². The van der Waals surface area contributed by atoms with Crippen LogP contribution in [0.4, 0.5) is 0 Å². The van der Waals surface area contributed by atoms with Crippen LogP contribution < -0.4 is 10.5 Å². The molecule has 102 valence electrons. The molecule has 0 unspecified atom stereocenters. The van der Waals surface area contributed by atoms with Crippen molar-refractivity contribution in [3.05, 3.63) is 29.3 Å². The van der Waals surface area contributed by atoms with Gasteiger partial charge in [-0.25, -0.2) is 0 Å². The topological polar surface area (TPSA) is 44.5 Å². The Kier molecular flexibility index (Phi) is 5.17. The van der Waals surface area contributed by atoms with Crippen molar-refractivity contribution in [1.29, 1.82) is 0 Å². The van der Waals surface area contributed by atoms with Crippen molar-refractivity contribution >= 4 is 0 Å². The number of hydrogen-bond acceptors (Lipinski definition) is 3. The molecule has 0 spiro atoms. The molecule has 0 saturated carbocycles. The van der Waals surface area contributed by atoms with E-state index in [1.807, 2.05) is 19.9 Å². The number of rotatable bonds is 6. The van der Waals surface area contributed by atoms with Gasteiger partial charge in [0.1, 0.15) is 5.75 Å². The summed E-state index contributed by atoms with van der Waals surface area (Å²) in [6, 6.07) is 6.24. The van der Waals surface area contributed by atoms with Gasteiger partial charge in [0, 0.05) is 11.1 Å². The Balaban J connectivity index is 2.75. The largest absolute Gasteiger partial charge is 0.496 e. The molecule has 0 aliphatic heterocycles. The van der Waals surface area contributed by atoms with Crippen molar-refractivity contribution in [3.63, 3.8) is 0 Å². The zero-order valence-corrected chi connectivity index (χ0v) is 12.1. The quantitative estimate of drug-likeness (QED) is 0.845. The van der Waals surface area contributed by atoms with Crippen LogP contribution >= 0.6 is 0 Å². The summed E-state index contributed by atoms with van der Waals surface area (Å²) in [6.07, 6.45) is 0. The van der Waals surface area contributed by atoms with Gasteiger partial charge in [-0.05, 0) is 37.5 Å². The highest BCUT2D eigenvalue weighted by Gasteiger charge is 2.12. The first-order chi connectivity index (χ1) is 8.33. The third-order valence-electron chi connectivity index (χ3n) is 2.70. The first-order valence-electron chi connectivity index (χ1n) is 6.37. The maximum atomic E-state index is 5.89. The number of methoxy groups -OCH3 is 1. The molecule has 3 nitrogen and oxygen atoms in total. The Bertz CT molecular complexity index is 381. The normalized spacial score (nSPS) is 11.9. The second-order valence-corrected chi connectivity index (χ2v) is 5.71. The van der Waals surface area contributed by atoms with Crippen LogP contribution in [0.5, 0.6) is 5.75 Å². The standard InChI is InChI=1S/C15H25NO2/c1-11(2)12-6-7-14(17-5)13(8-12)9-18-10-15(3,4)16/h6-8,11H,9-10,16H2,1-5H3. The molecule has 0 aliphatic rings. The summed E-state index contributed by atoms with van der Waals surface area (Å²) < 4.78 is 11.0. The zero-order valence-electron chi connectivity index (χ0n) is 12.1. The van der Waals surface area contributed by atoms with Crippen molar-refractivity contribution in [2.45, 2.75) is 45.8 Å². The second kappa shape index (κ2) is 6.21. The Morgan fingerprint density at radius 2 is 1.94 bits per heavy atom. The fourth-order valence-corrected chi connectivity index (χ4v) is 1.69. The van der Waals surface area contributed by atoms with Crippen molar-refractivity contribution in [2.75, 3.05) is 13.7 Å². The number of hydrogen-bond donors (Lipinski definition) is 1. The summed E-state index contributed by atoms with van der Waals surface area (Å²) in [5.41, 5.74) is 7.96. The molecule has 0 heterocycles. The highest BCUT2D eigenvalue weighted by Crippen LogP contribution is 2.24. The monoisotopic (exact) mass is 251 g/mol. The van der Waals surface area contributed by atoms with Gasteiger partial charge in [0.2, 0.25) is 0 Å². The second-order valence-electron chi connectivity index (χ2n) is 5.71. The van der Waals surface area contributed by atoms with Crippen LogP contribution in [0.1, 0.15) is 44.7 Å². The first-order valence-corrected chi connectivity index (χ1v) is 6.37. The van der Waals surface area contributed by atoms with Crippen LogP contribution in [-0.4, -0.2) is 19.3 Å². The summed E-state index contributed by atoms with van der Waals surface area (Å²) in [4.78, 5) is 0. The molecule has 0 fully saturated rings. The molecular weight excluding hydrogens is 226 g/mol. The lowest BCUT2D eigenvalue weighted by molar-refractivity contribution is 0.0837.